The normalized spacial score (nSPS) is 35.0. The predicted octanol–water partition coefficient (Wildman–Crippen LogP) is -2.21. The highest BCUT2D eigenvalue weighted by atomic mass is 15.3. The van der Waals surface area contributed by atoms with E-state index in [4.69, 9.17) is 0 Å². The highest BCUT2D eigenvalue weighted by Crippen LogP contribution is 2.40. The van der Waals surface area contributed by atoms with Gasteiger partial charge in [0.1, 0.15) is 31.4 Å². The second-order valence-electron chi connectivity index (χ2n) is 6.18. The largest absolute Gasteiger partial charge is 0.314 e. The molecule has 0 amide bonds. The van der Waals surface area contributed by atoms with Crippen molar-refractivity contribution in [2.75, 3.05) is 0 Å². The molecule has 0 saturated carbocycles. The topological polar surface area (TPSA) is 3.24 Å². The van der Waals surface area contributed by atoms with E-state index in [0.717, 1.165) is 11.8 Å². The summed E-state index contributed by atoms with van der Waals surface area (Å²) in [5, 5.41) is 0.359. The van der Waals surface area contributed by atoms with Gasteiger partial charge in [-0.1, -0.05) is 5.82 Å². The van der Waals surface area contributed by atoms with Gasteiger partial charge in [-0.2, -0.15) is 0 Å². The van der Waals surface area contributed by atoms with Crippen molar-refractivity contribution in [1.29, 1.82) is 0 Å². The molecular weight excluding hydrogens is 153 g/mol. The minimum Gasteiger partial charge on any atom is -0.314 e. The van der Waals surface area contributed by atoms with E-state index in [-0.39, 0.29) is 0 Å². The summed E-state index contributed by atoms with van der Waals surface area (Å²) >= 11 is 0. The van der Waals surface area contributed by atoms with E-state index in [2.05, 4.69) is 57.1 Å². The molecule has 0 aromatic carbocycles. The maximum absolute atomic E-state index is 2.67. The van der Waals surface area contributed by atoms with Gasteiger partial charge in [0.25, 0.3) is 0 Å². The first-order chi connectivity index (χ1) is 5.67. The predicted molar refractivity (Wildman–Crippen MR) is 70.7 cm³/mol. The molecule has 0 bridgehead atoms. The molecular formula is C8H21B4N. The van der Waals surface area contributed by atoms with E-state index >= 15 is 0 Å². The number of rotatable bonds is 0. The molecule has 1 saturated heterocycles. The lowest BCUT2D eigenvalue weighted by molar-refractivity contribution is 0.122. The third-order valence-electron chi connectivity index (χ3n) is 3.69. The molecule has 13 heavy (non-hydrogen) atoms. The molecule has 0 N–H and O–H groups in total. The van der Waals surface area contributed by atoms with Crippen molar-refractivity contribution in [3.8, 4) is 0 Å². The third kappa shape index (κ3) is 1.86. The van der Waals surface area contributed by atoms with Crippen molar-refractivity contribution in [2.24, 2.45) is 0 Å². The van der Waals surface area contributed by atoms with Gasteiger partial charge in [-0.3, -0.25) is 0 Å². The molecule has 5 heteroatoms. The smallest absolute Gasteiger partial charge is 0.123 e. The minimum atomic E-state index is 0.299. The second kappa shape index (κ2) is 3.12. The van der Waals surface area contributed by atoms with Crippen LogP contribution in [-0.2, 0) is 0 Å². The Kier molecular flexibility index (Phi) is 2.71. The van der Waals surface area contributed by atoms with E-state index in [1.54, 1.807) is 0 Å². The van der Waals surface area contributed by atoms with Crippen LogP contribution >= 0.6 is 0 Å². The molecule has 0 aromatic rings. The Labute approximate surface area is 86.7 Å². The first-order valence-corrected chi connectivity index (χ1v) is 5.47. The molecule has 70 valence electrons. The van der Waals surface area contributed by atoms with Crippen LogP contribution in [0.25, 0.3) is 0 Å². The molecule has 2 unspecified atom stereocenters. The van der Waals surface area contributed by atoms with Gasteiger partial charge in [-0.15, -0.1) is 0 Å². The molecule has 2 atom stereocenters. The van der Waals surface area contributed by atoms with Gasteiger partial charge in [-0.25, -0.2) is 0 Å². The zero-order valence-corrected chi connectivity index (χ0v) is 10.3. The zero-order valence-electron chi connectivity index (χ0n) is 10.3. The van der Waals surface area contributed by atoms with Gasteiger partial charge >= 0.3 is 0 Å². The lowest BCUT2D eigenvalue weighted by atomic mass is 9.49. The highest BCUT2D eigenvalue weighted by Gasteiger charge is 2.46. The molecule has 1 aliphatic rings. The molecule has 1 heterocycles. The Morgan fingerprint density at radius 2 is 1.69 bits per heavy atom. The summed E-state index contributed by atoms with van der Waals surface area (Å²) < 4.78 is 0. The molecule has 1 rings (SSSR count). The highest BCUT2D eigenvalue weighted by molar-refractivity contribution is 6.45. The van der Waals surface area contributed by atoms with Crippen molar-refractivity contribution >= 4 is 31.4 Å². The van der Waals surface area contributed by atoms with Crippen molar-refractivity contribution in [1.82, 2.24) is 4.90 Å². The lowest BCUT2D eigenvalue weighted by Crippen LogP contribution is -2.58. The van der Waals surface area contributed by atoms with Crippen LogP contribution in [0.15, 0.2) is 0 Å². The quantitative estimate of drug-likeness (QED) is 0.377. The number of likely N-dealkylation sites (tertiary alicyclic amines) is 1. The van der Waals surface area contributed by atoms with Gasteiger partial charge in [0, 0.05) is 5.54 Å². The summed E-state index contributed by atoms with van der Waals surface area (Å²) in [5.74, 6) is 1.53. The Balaban J connectivity index is 2.96. The first kappa shape index (κ1) is 11.3. The van der Waals surface area contributed by atoms with Gasteiger partial charge in [-0.05, 0) is 38.5 Å². The molecule has 0 radical (unpaired) electrons. The van der Waals surface area contributed by atoms with Crippen LogP contribution in [0.5, 0.6) is 0 Å². The number of nitrogens with zero attached hydrogens (tertiary/aromatic N) is 1. The van der Waals surface area contributed by atoms with Crippen LogP contribution in [0.1, 0.15) is 27.2 Å². The van der Waals surface area contributed by atoms with Crippen molar-refractivity contribution in [3.63, 3.8) is 0 Å². The molecule has 1 aliphatic heterocycles. The molecule has 1 nitrogen and oxygen atoms in total. The summed E-state index contributed by atoms with van der Waals surface area (Å²) in [6.45, 7) is 6.97. The molecule has 0 spiro atoms. The second-order valence-corrected chi connectivity index (χ2v) is 6.18. The summed E-state index contributed by atoms with van der Waals surface area (Å²) in [7, 11) is 9.50. The van der Waals surface area contributed by atoms with Crippen LogP contribution in [0.4, 0.5) is 0 Å². The Hall–Kier alpha value is 0.220. The summed E-state index contributed by atoms with van der Waals surface area (Å²) in [6.07, 6.45) is 1.34. The van der Waals surface area contributed by atoms with Gasteiger partial charge in [0.2, 0.25) is 0 Å². The SMILES string of the molecule is BC1CC(B)C(B)(B)N1C(C)(C)C. The number of hydrogen-bond acceptors (Lipinski definition) is 1. The first-order valence-electron chi connectivity index (χ1n) is 5.47. The summed E-state index contributed by atoms with van der Waals surface area (Å²) in [6, 6.07) is 0. The van der Waals surface area contributed by atoms with Crippen LogP contribution in [0.3, 0.4) is 0 Å². The standard InChI is InChI=1S/C8H21B4N/c1-7(2,3)13-6(10)4-5(9)8(13,11)12/h5-6H,4,9-12H2,1-3H3. The zero-order chi connectivity index (χ0) is 10.4. The Bertz CT molecular complexity index is 199. The minimum absolute atomic E-state index is 0.299. The fourth-order valence-electron chi connectivity index (χ4n) is 3.24. The summed E-state index contributed by atoms with van der Waals surface area (Å²) in [5.41, 5.74) is 0.299. The monoisotopic (exact) mass is 175 g/mol. The average Bonchev–Trinajstić information content (AvgIpc) is 1.99. The van der Waals surface area contributed by atoms with E-state index in [9.17, 15) is 0 Å². The summed E-state index contributed by atoms with van der Waals surface area (Å²) in [4.78, 5) is 2.67. The van der Waals surface area contributed by atoms with Crippen molar-refractivity contribution < 1.29 is 0 Å². The maximum atomic E-state index is 2.67. The van der Waals surface area contributed by atoms with Crippen LogP contribution in [-0.4, -0.2) is 53.1 Å². The van der Waals surface area contributed by atoms with Crippen molar-refractivity contribution in [2.45, 2.75) is 49.8 Å². The molecule has 0 aromatic heterocycles. The van der Waals surface area contributed by atoms with Gasteiger partial charge < -0.3 is 4.90 Å². The van der Waals surface area contributed by atoms with Crippen LogP contribution < -0.4 is 0 Å². The van der Waals surface area contributed by atoms with E-state index in [0.29, 0.717) is 10.9 Å². The Morgan fingerprint density at radius 1 is 1.23 bits per heavy atom. The Morgan fingerprint density at radius 3 is 1.85 bits per heavy atom. The van der Waals surface area contributed by atoms with E-state index in [1.165, 1.54) is 6.42 Å². The lowest BCUT2D eigenvalue weighted by Gasteiger charge is -2.47. The van der Waals surface area contributed by atoms with Crippen LogP contribution in [0.2, 0.25) is 5.82 Å². The molecule has 1 fully saturated rings. The third-order valence-corrected chi connectivity index (χ3v) is 3.69. The molecule has 0 aliphatic carbocycles. The van der Waals surface area contributed by atoms with Crippen molar-refractivity contribution in [3.05, 3.63) is 0 Å². The van der Waals surface area contributed by atoms with E-state index in [1.807, 2.05) is 0 Å². The fraction of sp³-hybridized carbons (Fsp3) is 1.00. The average molecular weight is 175 g/mol. The van der Waals surface area contributed by atoms with Gasteiger partial charge in [0.05, 0.1) is 0 Å². The van der Waals surface area contributed by atoms with E-state index < -0.39 is 0 Å². The van der Waals surface area contributed by atoms with Crippen LogP contribution in [0, 0.1) is 0 Å². The maximum Gasteiger partial charge on any atom is 0.123 e. The van der Waals surface area contributed by atoms with Gasteiger partial charge in [0.15, 0.2) is 0 Å². The fourth-order valence-corrected chi connectivity index (χ4v) is 3.24. The number of hydrogen-bond donors (Lipinski definition) is 0.